The minimum Gasteiger partial charge on any atom is -0.337 e. The second-order valence-electron chi connectivity index (χ2n) is 4.53. The van der Waals surface area contributed by atoms with Crippen molar-refractivity contribution >= 4 is 16.7 Å². The number of alkyl halides is 3. The Kier molecular flexibility index (Phi) is 2.27. The molecule has 1 aliphatic heterocycles. The van der Waals surface area contributed by atoms with Crippen LogP contribution in [0.2, 0.25) is 0 Å². The van der Waals surface area contributed by atoms with Gasteiger partial charge in [-0.05, 0) is 30.0 Å². The molecule has 0 saturated carbocycles. The molecule has 0 atom stereocenters. The van der Waals surface area contributed by atoms with Gasteiger partial charge in [0.05, 0.1) is 12.1 Å². The van der Waals surface area contributed by atoms with E-state index in [1.165, 1.54) is 6.07 Å². The molecule has 0 saturated heterocycles. The maximum absolute atomic E-state index is 12.7. The minimum absolute atomic E-state index is 0.0670. The first-order valence-corrected chi connectivity index (χ1v) is 5.66. The zero-order valence-electron chi connectivity index (χ0n) is 9.42. The number of benzene rings is 1. The third-order valence-corrected chi connectivity index (χ3v) is 3.31. The quantitative estimate of drug-likeness (QED) is 0.706. The second-order valence-corrected chi connectivity index (χ2v) is 4.53. The van der Waals surface area contributed by atoms with E-state index in [1.54, 1.807) is 4.57 Å². The van der Waals surface area contributed by atoms with Crippen molar-refractivity contribution in [1.29, 1.82) is 0 Å². The Labute approximate surface area is 101 Å². The molecule has 0 bridgehead atoms. The van der Waals surface area contributed by atoms with E-state index in [9.17, 15) is 18.0 Å². The summed E-state index contributed by atoms with van der Waals surface area (Å²) in [4.78, 5) is 11.4. The Morgan fingerprint density at radius 2 is 1.89 bits per heavy atom. The van der Waals surface area contributed by atoms with E-state index >= 15 is 0 Å². The molecule has 0 aliphatic carbocycles. The van der Waals surface area contributed by atoms with Crippen LogP contribution in [-0.4, -0.2) is 10.4 Å². The van der Waals surface area contributed by atoms with Crippen LogP contribution >= 0.6 is 0 Å². The summed E-state index contributed by atoms with van der Waals surface area (Å²) >= 11 is 0. The highest BCUT2D eigenvalue weighted by Crippen LogP contribution is 2.33. The van der Waals surface area contributed by atoms with Gasteiger partial charge in [0.2, 0.25) is 0 Å². The lowest BCUT2D eigenvalue weighted by atomic mass is 10.1. The van der Waals surface area contributed by atoms with Crippen LogP contribution < -0.4 is 0 Å². The molecule has 5 heteroatoms. The van der Waals surface area contributed by atoms with Gasteiger partial charge in [-0.25, -0.2) is 0 Å². The lowest BCUT2D eigenvalue weighted by Gasteiger charge is -2.15. The lowest BCUT2D eigenvalue weighted by Crippen LogP contribution is -2.19. The molecule has 2 aromatic rings. The van der Waals surface area contributed by atoms with Crippen LogP contribution in [0.25, 0.3) is 10.9 Å². The van der Waals surface area contributed by atoms with Crippen LogP contribution in [0.4, 0.5) is 13.2 Å². The highest BCUT2D eigenvalue weighted by molar-refractivity contribution is 5.87. The third kappa shape index (κ3) is 1.70. The Hall–Kier alpha value is -1.78. The van der Waals surface area contributed by atoms with Crippen molar-refractivity contribution in [3.63, 3.8) is 0 Å². The molecular weight excluding hydrogens is 243 g/mol. The highest BCUT2D eigenvalue weighted by atomic mass is 19.4. The number of rotatable bonds is 0. The minimum atomic E-state index is -4.35. The number of Topliss-reactive ketones (excluding diaryl/α,β-unsaturated/α-hetero) is 1. The van der Waals surface area contributed by atoms with Gasteiger partial charge in [-0.1, -0.05) is 6.07 Å². The second kappa shape index (κ2) is 3.60. The Balaban J connectivity index is 2.21. The molecule has 94 valence electrons. The first kappa shape index (κ1) is 11.3. The van der Waals surface area contributed by atoms with Crippen molar-refractivity contribution < 1.29 is 18.0 Å². The molecule has 2 heterocycles. The SMILES string of the molecule is O=C1CCc2cc3ccc(C(F)(F)F)cc3n2C1. The van der Waals surface area contributed by atoms with Gasteiger partial charge in [0.15, 0.2) is 5.78 Å². The van der Waals surface area contributed by atoms with Crippen molar-refractivity contribution in [2.75, 3.05) is 0 Å². The molecular formula is C13H10F3NO. The van der Waals surface area contributed by atoms with E-state index in [2.05, 4.69) is 0 Å². The summed E-state index contributed by atoms with van der Waals surface area (Å²) in [7, 11) is 0. The van der Waals surface area contributed by atoms with E-state index < -0.39 is 11.7 Å². The summed E-state index contributed by atoms with van der Waals surface area (Å²) in [5, 5.41) is 0.757. The number of halogens is 3. The largest absolute Gasteiger partial charge is 0.416 e. The molecule has 1 aliphatic rings. The zero-order chi connectivity index (χ0) is 12.9. The van der Waals surface area contributed by atoms with Crippen molar-refractivity contribution in [2.45, 2.75) is 25.6 Å². The summed E-state index contributed by atoms with van der Waals surface area (Å²) in [6.07, 6.45) is -3.27. The van der Waals surface area contributed by atoms with Gasteiger partial charge in [0.25, 0.3) is 0 Å². The standard InChI is InChI=1S/C13H10F3NO/c14-13(15,16)9-2-1-8-5-10-3-4-11(18)7-17(10)12(8)6-9/h1-2,5-6H,3-4,7H2. The van der Waals surface area contributed by atoms with Crippen molar-refractivity contribution in [3.8, 4) is 0 Å². The van der Waals surface area contributed by atoms with Crippen molar-refractivity contribution in [1.82, 2.24) is 4.57 Å². The number of carbonyl (C=O) groups excluding carboxylic acids is 1. The molecule has 3 rings (SSSR count). The molecule has 0 spiro atoms. The number of aryl methyl sites for hydroxylation is 1. The zero-order valence-corrected chi connectivity index (χ0v) is 9.42. The monoisotopic (exact) mass is 253 g/mol. The number of fused-ring (bicyclic) bond motifs is 3. The number of hydrogen-bond donors (Lipinski definition) is 0. The first-order chi connectivity index (χ1) is 8.45. The van der Waals surface area contributed by atoms with Crippen molar-refractivity contribution in [3.05, 3.63) is 35.5 Å². The van der Waals surface area contributed by atoms with Gasteiger partial charge in [-0.3, -0.25) is 4.79 Å². The molecule has 0 unspecified atom stereocenters. The summed E-state index contributed by atoms with van der Waals surface area (Å²) < 4.78 is 39.7. The predicted octanol–water partition coefficient (Wildman–Crippen LogP) is 3.18. The summed E-state index contributed by atoms with van der Waals surface area (Å²) in [6.45, 7) is 0.181. The normalized spacial score (nSPS) is 16.1. The number of aromatic nitrogens is 1. The average Bonchev–Trinajstić information content (AvgIpc) is 2.65. The van der Waals surface area contributed by atoms with E-state index in [4.69, 9.17) is 0 Å². The average molecular weight is 253 g/mol. The summed E-state index contributed by atoms with van der Waals surface area (Å²) in [5.74, 6) is 0.0670. The van der Waals surface area contributed by atoms with E-state index in [0.29, 0.717) is 18.4 Å². The van der Waals surface area contributed by atoms with Crippen LogP contribution in [0.15, 0.2) is 24.3 Å². The third-order valence-electron chi connectivity index (χ3n) is 3.31. The molecule has 1 aromatic heterocycles. The molecule has 0 fully saturated rings. The van der Waals surface area contributed by atoms with E-state index in [-0.39, 0.29) is 12.3 Å². The fourth-order valence-electron chi connectivity index (χ4n) is 2.40. The van der Waals surface area contributed by atoms with Gasteiger partial charge < -0.3 is 4.57 Å². The fraction of sp³-hybridized carbons (Fsp3) is 0.308. The lowest BCUT2D eigenvalue weighted by molar-refractivity contribution is -0.137. The Morgan fingerprint density at radius 3 is 2.61 bits per heavy atom. The number of hydrogen-bond acceptors (Lipinski definition) is 1. The number of carbonyl (C=O) groups is 1. The molecule has 0 N–H and O–H groups in total. The number of ketones is 1. The predicted molar refractivity (Wildman–Crippen MR) is 60.3 cm³/mol. The maximum atomic E-state index is 12.7. The molecule has 1 aromatic carbocycles. The fourth-order valence-corrected chi connectivity index (χ4v) is 2.40. The van der Waals surface area contributed by atoms with Crippen molar-refractivity contribution in [2.24, 2.45) is 0 Å². The first-order valence-electron chi connectivity index (χ1n) is 5.66. The molecule has 18 heavy (non-hydrogen) atoms. The smallest absolute Gasteiger partial charge is 0.337 e. The van der Waals surface area contributed by atoms with E-state index in [0.717, 1.165) is 23.2 Å². The van der Waals surface area contributed by atoms with E-state index in [1.807, 2.05) is 6.07 Å². The van der Waals surface area contributed by atoms with Gasteiger partial charge in [0.1, 0.15) is 0 Å². The summed E-state index contributed by atoms with van der Waals surface area (Å²) in [5.41, 5.74) is 0.755. The van der Waals surface area contributed by atoms with Crippen LogP contribution in [0.3, 0.4) is 0 Å². The Bertz CT molecular complexity index is 639. The van der Waals surface area contributed by atoms with Gasteiger partial charge in [0, 0.05) is 17.6 Å². The Morgan fingerprint density at radius 1 is 1.11 bits per heavy atom. The topological polar surface area (TPSA) is 22.0 Å². The molecule has 2 nitrogen and oxygen atoms in total. The van der Waals surface area contributed by atoms with Crippen LogP contribution in [0.5, 0.6) is 0 Å². The van der Waals surface area contributed by atoms with Crippen LogP contribution in [0.1, 0.15) is 17.7 Å². The molecule has 0 amide bonds. The van der Waals surface area contributed by atoms with Crippen LogP contribution in [-0.2, 0) is 23.9 Å². The van der Waals surface area contributed by atoms with Gasteiger partial charge in [-0.2, -0.15) is 13.2 Å². The summed E-state index contributed by atoms with van der Waals surface area (Å²) in [6, 6.07) is 5.53. The van der Waals surface area contributed by atoms with Gasteiger partial charge >= 0.3 is 6.18 Å². The van der Waals surface area contributed by atoms with Crippen LogP contribution in [0, 0.1) is 0 Å². The maximum Gasteiger partial charge on any atom is 0.416 e. The van der Waals surface area contributed by atoms with Gasteiger partial charge in [-0.15, -0.1) is 0 Å². The number of nitrogens with zero attached hydrogens (tertiary/aromatic N) is 1. The molecule has 0 radical (unpaired) electrons. The highest BCUT2D eigenvalue weighted by Gasteiger charge is 2.31.